The molecular weight excluding hydrogens is 506 g/mol. The lowest BCUT2D eigenvalue weighted by molar-refractivity contribution is -0.387. The Morgan fingerprint density at radius 1 is 0.789 bits per heavy atom. The van der Waals surface area contributed by atoms with E-state index in [0.29, 0.717) is 11.1 Å². The van der Waals surface area contributed by atoms with Gasteiger partial charge in [-0.25, -0.2) is 13.2 Å². The second-order valence-electron chi connectivity index (χ2n) is 8.58. The van der Waals surface area contributed by atoms with Crippen molar-refractivity contribution in [1.82, 2.24) is 0 Å². The number of nitro groups is 1. The predicted octanol–water partition coefficient (Wildman–Crippen LogP) is 5.83. The molecule has 0 aliphatic carbocycles. The van der Waals surface area contributed by atoms with Crippen LogP contribution in [0.15, 0.2) is 107 Å². The number of sulfone groups is 1. The van der Waals surface area contributed by atoms with Gasteiger partial charge in [0.2, 0.25) is 15.6 Å². The Labute approximate surface area is 219 Å². The van der Waals surface area contributed by atoms with Crippen molar-refractivity contribution in [3.05, 3.63) is 135 Å². The maximum absolute atomic E-state index is 13.5. The zero-order valence-corrected chi connectivity index (χ0v) is 21.3. The average Bonchev–Trinajstić information content (AvgIpc) is 2.93. The SMILES string of the molecule is Cc1ccc(C(=O)[C@@H](OC(=O)c2ccccc2S(=O)(=O)c2ccccc2[N+](=O)[O-])c2ccccc2)cc1C. The highest BCUT2D eigenvalue weighted by atomic mass is 32.2. The molecule has 192 valence electrons. The molecule has 4 aromatic rings. The van der Waals surface area contributed by atoms with E-state index in [9.17, 15) is 28.1 Å². The Kier molecular flexibility index (Phi) is 7.50. The number of benzene rings is 4. The van der Waals surface area contributed by atoms with E-state index in [0.717, 1.165) is 23.3 Å². The maximum Gasteiger partial charge on any atom is 0.340 e. The molecule has 0 saturated carbocycles. The second kappa shape index (κ2) is 10.8. The minimum absolute atomic E-state index is 0.329. The molecule has 0 aromatic heterocycles. The standard InChI is InChI=1S/C29H23NO7S/c1-19-16-17-22(18-20(19)2)27(31)28(21-10-4-3-5-11-21)37-29(32)23-12-6-8-14-25(23)38(35,36)26-15-9-7-13-24(26)30(33)34/h3-18,28H,1-2H3/t28-/m0/s1. The number of hydrogen-bond donors (Lipinski definition) is 0. The highest BCUT2D eigenvalue weighted by Gasteiger charge is 2.33. The van der Waals surface area contributed by atoms with Gasteiger partial charge in [-0.2, -0.15) is 0 Å². The molecule has 9 heteroatoms. The average molecular weight is 530 g/mol. The van der Waals surface area contributed by atoms with Crippen LogP contribution in [0.5, 0.6) is 0 Å². The number of esters is 1. The first-order chi connectivity index (χ1) is 18.1. The van der Waals surface area contributed by atoms with Crippen LogP contribution in [0.4, 0.5) is 5.69 Å². The van der Waals surface area contributed by atoms with Crippen LogP contribution in [0.1, 0.15) is 43.5 Å². The van der Waals surface area contributed by atoms with Crippen LogP contribution in [-0.2, 0) is 14.6 Å². The molecule has 0 spiro atoms. The lowest BCUT2D eigenvalue weighted by atomic mass is 9.97. The van der Waals surface area contributed by atoms with Crippen LogP contribution in [-0.4, -0.2) is 25.1 Å². The van der Waals surface area contributed by atoms with E-state index in [1.165, 1.54) is 36.4 Å². The number of rotatable bonds is 8. The van der Waals surface area contributed by atoms with E-state index in [4.69, 9.17) is 4.74 Å². The van der Waals surface area contributed by atoms with Crippen LogP contribution >= 0.6 is 0 Å². The van der Waals surface area contributed by atoms with Crippen molar-refractivity contribution in [2.75, 3.05) is 0 Å². The van der Waals surface area contributed by atoms with E-state index in [1.54, 1.807) is 48.5 Å². The molecule has 4 rings (SSSR count). The lowest BCUT2D eigenvalue weighted by Gasteiger charge is -2.19. The monoisotopic (exact) mass is 529 g/mol. The Morgan fingerprint density at radius 3 is 2.05 bits per heavy atom. The fourth-order valence-electron chi connectivity index (χ4n) is 3.94. The largest absolute Gasteiger partial charge is 0.445 e. The molecule has 0 bridgehead atoms. The molecule has 0 N–H and O–H groups in total. The van der Waals surface area contributed by atoms with E-state index >= 15 is 0 Å². The van der Waals surface area contributed by atoms with Crippen LogP contribution in [0.3, 0.4) is 0 Å². The van der Waals surface area contributed by atoms with Crippen molar-refractivity contribution in [2.24, 2.45) is 0 Å². The van der Waals surface area contributed by atoms with Crippen LogP contribution < -0.4 is 0 Å². The van der Waals surface area contributed by atoms with Crippen molar-refractivity contribution < 1.29 is 27.7 Å². The molecule has 8 nitrogen and oxygen atoms in total. The van der Waals surface area contributed by atoms with Gasteiger partial charge in [0.1, 0.15) is 4.90 Å². The van der Waals surface area contributed by atoms with Gasteiger partial charge in [0, 0.05) is 17.2 Å². The summed E-state index contributed by atoms with van der Waals surface area (Å²) in [5.41, 5.74) is 1.64. The molecule has 0 heterocycles. The minimum Gasteiger partial charge on any atom is -0.445 e. The number of para-hydroxylation sites is 1. The zero-order chi connectivity index (χ0) is 27.4. The van der Waals surface area contributed by atoms with Gasteiger partial charge in [-0.05, 0) is 49.2 Å². The molecule has 0 aliphatic heterocycles. The summed E-state index contributed by atoms with van der Waals surface area (Å²) in [6, 6.07) is 23.7. The first kappa shape index (κ1) is 26.4. The number of Topliss-reactive ketones (excluding diaryl/α,β-unsaturated/α-hetero) is 1. The van der Waals surface area contributed by atoms with Crippen molar-refractivity contribution in [1.29, 1.82) is 0 Å². The third kappa shape index (κ3) is 5.23. The first-order valence-corrected chi connectivity index (χ1v) is 13.0. The Balaban J connectivity index is 1.77. The summed E-state index contributed by atoms with van der Waals surface area (Å²) in [6.07, 6.45) is -1.35. The molecule has 0 fully saturated rings. The van der Waals surface area contributed by atoms with E-state index in [-0.39, 0.29) is 5.56 Å². The van der Waals surface area contributed by atoms with Crippen LogP contribution in [0.2, 0.25) is 0 Å². The summed E-state index contributed by atoms with van der Waals surface area (Å²) >= 11 is 0. The van der Waals surface area contributed by atoms with Gasteiger partial charge < -0.3 is 4.74 Å². The van der Waals surface area contributed by atoms with Gasteiger partial charge in [-0.15, -0.1) is 0 Å². The number of nitro benzene ring substituents is 1. The quantitative estimate of drug-likeness (QED) is 0.122. The van der Waals surface area contributed by atoms with E-state index in [2.05, 4.69) is 0 Å². The van der Waals surface area contributed by atoms with Gasteiger partial charge >= 0.3 is 5.97 Å². The summed E-state index contributed by atoms with van der Waals surface area (Å²) in [7, 11) is -4.50. The molecular formula is C29H23NO7S. The van der Waals surface area contributed by atoms with Gasteiger partial charge in [0.15, 0.2) is 6.10 Å². The third-order valence-electron chi connectivity index (χ3n) is 6.10. The number of aryl methyl sites for hydroxylation is 2. The number of ether oxygens (including phenoxy) is 1. The Hall–Kier alpha value is -4.63. The third-order valence-corrected chi connectivity index (χ3v) is 7.96. The van der Waals surface area contributed by atoms with Gasteiger partial charge in [0.05, 0.1) is 15.4 Å². The number of ketones is 1. The summed E-state index contributed by atoms with van der Waals surface area (Å²) in [5.74, 6) is -1.54. The van der Waals surface area contributed by atoms with Crippen LogP contribution in [0, 0.1) is 24.0 Å². The lowest BCUT2D eigenvalue weighted by Crippen LogP contribution is -2.22. The van der Waals surface area contributed by atoms with Gasteiger partial charge in [-0.3, -0.25) is 14.9 Å². The molecule has 1 atom stereocenters. The second-order valence-corrected chi connectivity index (χ2v) is 10.5. The molecule has 0 unspecified atom stereocenters. The molecule has 4 aromatic carbocycles. The molecule has 0 saturated heterocycles. The molecule has 0 aliphatic rings. The summed E-state index contributed by atoms with van der Waals surface area (Å²) < 4.78 is 32.6. The predicted molar refractivity (Wildman–Crippen MR) is 140 cm³/mol. The number of carbonyl (C=O) groups excluding carboxylic acids is 2. The summed E-state index contributed by atoms with van der Waals surface area (Å²) in [4.78, 5) is 36.6. The first-order valence-electron chi connectivity index (χ1n) is 11.6. The fraction of sp³-hybridized carbons (Fsp3) is 0.103. The van der Waals surface area contributed by atoms with Crippen molar-refractivity contribution in [3.63, 3.8) is 0 Å². The maximum atomic E-state index is 13.5. The highest BCUT2D eigenvalue weighted by Crippen LogP contribution is 2.32. The van der Waals surface area contributed by atoms with E-state index < -0.39 is 48.1 Å². The fourth-order valence-corrected chi connectivity index (χ4v) is 5.55. The Morgan fingerprint density at radius 2 is 1.39 bits per heavy atom. The zero-order valence-electron chi connectivity index (χ0n) is 20.5. The number of carbonyl (C=O) groups is 2. The van der Waals surface area contributed by atoms with Crippen molar-refractivity contribution in [2.45, 2.75) is 29.7 Å². The number of nitrogens with zero attached hydrogens (tertiary/aromatic N) is 1. The summed E-state index contributed by atoms with van der Waals surface area (Å²) in [6.45, 7) is 3.77. The smallest absolute Gasteiger partial charge is 0.340 e. The summed E-state index contributed by atoms with van der Waals surface area (Å²) in [5, 5.41) is 11.5. The highest BCUT2D eigenvalue weighted by molar-refractivity contribution is 7.91. The molecule has 0 amide bonds. The number of hydrogen-bond acceptors (Lipinski definition) is 7. The van der Waals surface area contributed by atoms with Crippen molar-refractivity contribution in [3.8, 4) is 0 Å². The van der Waals surface area contributed by atoms with Crippen LogP contribution in [0.25, 0.3) is 0 Å². The molecule has 0 radical (unpaired) electrons. The van der Waals surface area contributed by atoms with E-state index in [1.807, 2.05) is 13.8 Å². The molecule has 38 heavy (non-hydrogen) atoms. The Bertz CT molecular complexity index is 1650. The van der Waals surface area contributed by atoms with Gasteiger partial charge in [-0.1, -0.05) is 66.7 Å². The topological polar surface area (TPSA) is 121 Å². The minimum atomic E-state index is -4.50. The normalized spacial score (nSPS) is 11.9. The van der Waals surface area contributed by atoms with Crippen molar-refractivity contribution >= 4 is 27.3 Å². The van der Waals surface area contributed by atoms with Gasteiger partial charge in [0.25, 0.3) is 5.69 Å².